The van der Waals surface area contributed by atoms with E-state index < -0.39 is 5.92 Å². The molecule has 1 atom stereocenters. The number of carbonyl (C=O) groups excluding carboxylic acids is 2. The Hall–Kier alpha value is -1.32. The highest BCUT2D eigenvalue weighted by atomic mass is 35.5. The van der Waals surface area contributed by atoms with Crippen LogP contribution in [-0.4, -0.2) is 11.8 Å². The molecule has 2 aliphatic rings. The lowest BCUT2D eigenvalue weighted by molar-refractivity contribution is -0.142. The second-order valence-corrected chi connectivity index (χ2v) is 7.46. The fraction of sp³-hybridized carbons (Fsp3) is 0.412. The minimum absolute atomic E-state index is 0.0136. The maximum Gasteiger partial charge on any atom is 0.311 e. The summed E-state index contributed by atoms with van der Waals surface area (Å²) in [6.07, 6.45) is 1.09. The van der Waals surface area contributed by atoms with Gasteiger partial charge in [0.2, 0.25) is 0 Å². The molecule has 1 heterocycles. The first-order valence-electron chi connectivity index (χ1n) is 7.19. The largest absolute Gasteiger partial charge is 0.431 e. The van der Waals surface area contributed by atoms with E-state index in [-0.39, 0.29) is 23.6 Å². The van der Waals surface area contributed by atoms with Crippen LogP contribution in [0.25, 0.3) is 0 Å². The average molecular weight is 339 g/mol. The molecule has 116 valence electrons. The Morgan fingerprint density at radius 3 is 2.41 bits per heavy atom. The fourth-order valence-corrected chi connectivity index (χ4v) is 3.96. The summed E-state index contributed by atoms with van der Waals surface area (Å²) in [6, 6.07) is 5.19. The van der Waals surface area contributed by atoms with Gasteiger partial charge in [-0.05, 0) is 23.1 Å². The van der Waals surface area contributed by atoms with Gasteiger partial charge in [-0.1, -0.05) is 43.1 Å². The number of ketones is 1. The lowest BCUT2D eigenvalue weighted by Crippen LogP contribution is -2.34. The van der Waals surface area contributed by atoms with Gasteiger partial charge in [0, 0.05) is 34.4 Å². The minimum atomic E-state index is -0.416. The first-order valence-corrected chi connectivity index (χ1v) is 7.95. The van der Waals surface area contributed by atoms with Crippen LogP contribution in [-0.2, 0) is 14.3 Å². The van der Waals surface area contributed by atoms with Crippen LogP contribution in [0.1, 0.15) is 44.6 Å². The molecule has 0 spiro atoms. The molecule has 0 aromatic heterocycles. The molecule has 0 radical (unpaired) electrons. The molecule has 0 fully saturated rings. The van der Waals surface area contributed by atoms with Gasteiger partial charge in [0.25, 0.3) is 0 Å². The number of hydrogen-bond donors (Lipinski definition) is 0. The van der Waals surface area contributed by atoms with Crippen molar-refractivity contribution in [1.82, 2.24) is 0 Å². The Bertz CT molecular complexity index is 684. The predicted octanol–water partition coefficient (Wildman–Crippen LogP) is 4.67. The molecule has 1 aliphatic heterocycles. The van der Waals surface area contributed by atoms with Gasteiger partial charge in [-0.25, -0.2) is 0 Å². The molecule has 1 aromatic rings. The van der Waals surface area contributed by atoms with E-state index in [1.54, 1.807) is 18.2 Å². The lowest BCUT2D eigenvalue weighted by atomic mass is 9.71. The summed E-state index contributed by atoms with van der Waals surface area (Å²) >= 11 is 12.6. The van der Waals surface area contributed by atoms with E-state index in [1.165, 1.54) is 0 Å². The van der Waals surface area contributed by atoms with Crippen LogP contribution < -0.4 is 0 Å². The van der Waals surface area contributed by atoms with Gasteiger partial charge >= 0.3 is 5.97 Å². The Morgan fingerprint density at radius 2 is 1.77 bits per heavy atom. The van der Waals surface area contributed by atoms with E-state index in [0.717, 1.165) is 0 Å². The summed E-state index contributed by atoms with van der Waals surface area (Å²) in [5, 5.41) is 0.938. The topological polar surface area (TPSA) is 43.4 Å². The number of esters is 1. The van der Waals surface area contributed by atoms with Crippen molar-refractivity contribution in [2.24, 2.45) is 5.41 Å². The molecule has 5 heteroatoms. The highest BCUT2D eigenvalue weighted by Gasteiger charge is 2.43. The third-order valence-corrected chi connectivity index (χ3v) is 4.84. The zero-order valence-corrected chi connectivity index (χ0v) is 13.9. The molecular weight excluding hydrogens is 323 g/mol. The number of rotatable bonds is 1. The van der Waals surface area contributed by atoms with Gasteiger partial charge in [-0.2, -0.15) is 0 Å². The second kappa shape index (κ2) is 5.39. The van der Waals surface area contributed by atoms with Gasteiger partial charge in [-0.15, -0.1) is 0 Å². The molecule has 3 nitrogen and oxygen atoms in total. The van der Waals surface area contributed by atoms with Crippen molar-refractivity contribution in [2.75, 3.05) is 0 Å². The Balaban J connectivity index is 2.16. The van der Waals surface area contributed by atoms with Crippen molar-refractivity contribution in [3.05, 3.63) is 45.1 Å². The summed E-state index contributed by atoms with van der Waals surface area (Å²) in [5.41, 5.74) is 1.000. The van der Waals surface area contributed by atoms with Crippen LogP contribution in [0.4, 0.5) is 0 Å². The van der Waals surface area contributed by atoms with Crippen LogP contribution in [0.15, 0.2) is 29.5 Å². The van der Waals surface area contributed by atoms with E-state index in [4.69, 9.17) is 27.9 Å². The van der Waals surface area contributed by atoms with E-state index in [1.807, 2.05) is 13.8 Å². The highest BCUT2D eigenvalue weighted by Crippen LogP contribution is 2.48. The standard InChI is InChI=1S/C17H16Cl2O3/c1-17(2)7-12(20)16-9(6-14(21)22-13(16)8-17)15-10(18)4-3-5-11(15)19/h3-5,9H,6-8H2,1-2H3. The molecule has 1 aromatic carbocycles. The molecule has 0 saturated carbocycles. The number of hydrogen-bond acceptors (Lipinski definition) is 3. The smallest absolute Gasteiger partial charge is 0.311 e. The molecule has 0 amide bonds. The monoisotopic (exact) mass is 338 g/mol. The van der Waals surface area contributed by atoms with Crippen LogP contribution in [0.5, 0.6) is 0 Å². The third kappa shape index (κ3) is 2.68. The molecule has 0 N–H and O–H groups in total. The second-order valence-electron chi connectivity index (χ2n) is 6.64. The first kappa shape index (κ1) is 15.6. The normalized spacial score (nSPS) is 24.1. The SMILES string of the molecule is CC1(C)CC(=O)C2=C(C1)OC(=O)CC2c1c(Cl)cccc1Cl. The number of halogens is 2. The fourth-order valence-electron chi connectivity index (χ4n) is 3.30. The summed E-state index contributed by atoms with van der Waals surface area (Å²) < 4.78 is 5.36. The number of benzene rings is 1. The summed E-state index contributed by atoms with van der Waals surface area (Å²) in [5.74, 6) is -0.260. The molecule has 0 bridgehead atoms. The van der Waals surface area contributed by atoms with Gasteiger partial charge in [0.15, 0.2) is 5.78 Å². The molecular formula is C17H16Cl2O3. The average Bonchev–Trinajstić information content (AvgIpc) is 2.35. The Labute approximate surface area is 139 Å². The molecule has 1 unspecified atom stereocenters. The maximum atomic E-state index is 12.6. The van der Waals surface area contributed by atoms with Crippen molar-refractivity contribution in [3.8, 4) is 0 Å². The van der Waals surface area contributed by atoms with E-state index >= 15 is 0 Å². The van der Waals surface area contributed by atoms with Gasteiger partial charge in [0.05, 0.1) is 6.42 Å². The quantitative estimate of drug-likeness (QED) is 0.699. The molecule has 22 heavy (non-hydrogen) atoms. The van der Waals surface area contributed by atoms with Crippen molar-refractivity contribution in [2.45, 2.75) is 39.0 Å². The maximum absolute atomic E-state index is 12.6. The first-order chi connectivity index (χ1) is 10.3. The van der Waals surface area contributed by atoms with Crippen molar-refractivity contribution < 1.29 is 14.3 Å². The number of Topliss-reactive ketones (excluding diaryl/α,β-unsaturated/α-hetero) is 1. The number of allylic oxidation sites excluding steroid dienone is 2. The minimum Gasteiger partial charge on any atom is -0.431 e. The van der Waals surface area contributed by atoms with Crippen molar-refractivity contribution in [1.29, 1.82) is 0 Å². The summed E-state index contributed by atoms with van der Waals surface area (Å²) in [4.78, 5) is 24.6. The number of carbonyl (C=O) groups is 2. The van der Waals surface area contributed by atoms with Crippen molar-refractivity contribution >= 4 is 35.0 Å². The predicted molar refractivity (Wildman–Crippen MR) is 85.0 cm³/mol. The summed E-state index contributed by atoms with van der Waals surface area (Å²) in [6.45, 7) is 3.99. The molecule has 1 aliphatic carbocycles. The Morgan fingerprint density at radius 1 is 1.14 bits per heavy atom. The highest BCUT2D eigenvalue weighted by molar-refractivity contribution is 6.36. The zero-order chi connectivity index (χ0) is 16.1. The van der Waals surface area contributed by atoms with Gasteiger partial charge in [-0.3, -0.25) is 9.59 Å². The van der Waals surface area contributed by atoms with E-state index in [2.05, 4.69) is 0 Å². The van der Waals surface area contributed by atoms with E-state index in [9.17, 15) is 9.59 Å². The lowest BCUT2D eigenvalue weighted by Gasteiger charge is -2.37. The van der Waals surface area contributed by atoms with Crippen molar-refractivity contribution in [3.63, 3.8) is 0 Å². The van der Waals surface area contributed by atoms with Crippen LogP contribution in [0.2, 0.25) is 10.0 Å². The van der Waals surface area contributed by atoms with Crippen LogP contribution in [0.3, 0.4) is 0 Å². The number of ether oxygens (including phenoxy) is 1. The third-order valence-electron chi connectivity index (χ3n) is 4.18. The van der Waals surface area contributed by atoms with Gasteiger partial charge < -0.3 is 4.74 Å². The van der Waals surface area contributed by atoms with E-state index in [0.29, 0.717) is 39.8 Å². The van der Waals surface area contributed by atoms with Gasteiger partial charge in [0.1, 0.15) is 5.76 Å². The molecule has 0 saturated heterocycles. The molecule has 3 rings (SSSR count). The zero-order valence-electron chi connectivity index (χ0n) is 12.4. The van der Waals surface area contributed by atoms with Crippen LogP contribution in [0, 0.1) is 5.41 Å². The Kier molecular flexibility index (Phi) is 3.82. The van der Waals surface area contributed by atoms with Crippen LogP contribution >= 0.6 is 23.2 Å². The summed E-state index contributed by atoms with van der Waals surface area (Å²) in [7, 11) is 0.